The molecule has 50 heavy (non-hydrogen) atoms. The van der Waals surface area contributed by atoms with Crippen LogP contribution in [0.1, 0.15) is 94.4 Å². The highest BCUT2D eigenvalue weighted by molar-refractivity contribution is 5.97. The highest BCUT2D eigenvalue weighted by atomic mass is 16.7. The molecule has 6 N–H and O–H groups in total. The normalized spacial score (nSPS) is 45.6. The average molecular weight is 707 g/mol. The van der Waals surface area contributed by atoms with Gasteiger partial charge in [-0.1, -0.05) is 46.3 Å². The number of allylic oxidation sites excluding steroid dienone is 1. The fourth-order valence-corrected chi connectivity index (χ4v) is 10.9. The number of hydrogen-bond donors (Lipinski definition) is 6. The van der Waals surface area contributed by atoms with Crippen molar-refractivity contribution < 1.29 is 59.2 Å². The zero-order valence-corrected chi connectivity index (χ0v) is 30.9. The average Bonchev–Trinajstić information content (AvgIpc) is 3.29. The van der Waals surface area contributed by atoms with Crippen molar-refractivity contribution >= 4 is 17.5 Å². The summed E-state index contributed by atoms with van der Waals surface area (Å²) in [7, 11) is 0. The molecule has 1 heterocycles. The van der Waals surface area contributed by atoms with Crippen LogP contribution in [0.2, 0.25) is 0 Å². The van der Waals surface area contributed by atoms with E-state index >= 15 is 0 Å². The molecule has 3 saturated carbocycles. The van der Waals surface area contributed by atoms with Crippen LogP contribution < -0.4 is 0 Å². The number of carbonyl (C=O) groups excluding carboxylic acids is 3. The summed E-state index contributed by atoms with van der Waals surface area (Å²) in [6, 6.07) is 0. The van der Waals surface area contributed by atoms with Crippen molar-refractivity contribution in [1.29, 1.82) is 0 Å². The van der Waals surface area contributed by atoms with Crippen LogP contribution in [0.5, 0.6) is 0 Å². The Morgan fingerprint density at radius 1 is 1.02 bits per heavy atom. The molecule has 4 fully saturated rings. The standard InChI is InChI=1S/C38H58O12/c1-19(40)50-33(2,3)14-13-26(41)38(9,47)25-12-15-35(6)24-11-10-20-21(37(24,8)27(42)17-36(25,35)7)16-22(31(46)34(20,4)5)48-32-30(45)29(44)28(43)23(18-39)49-32/h10,13-14,21-25,28-32,39,43-47H,11-12,15-18H2,1-9H3/b14-13+/t21?,22-,23+,24?,25?,28+,29-,30+,31+,32+,35?,36?,37?,38?/m0/s1. The van der Waals surface area contributed by atoms with Gasteiger partial charge in [-0.25, -0.2) is 0 Å². The molecular weight excluding hydrogens is 648 g/mol. The number of esters is 1. The van der Waals surface area contributed by atoms with Gasteiger partial charge >= 0.3 is 5.97 Å². The summed E-state index contributed by atoms with van der Waals surface area (Å²) in [5.74, 6) is -2.04. The van der Waals surface area contributed by atoms with E-state index in [0.717, 1.165) is 5.57 Å². The molecule has 12 nitrogen and oxygen atoms in total. The molecule has 14 atom stereocenters. The lowest BCUT2D eigenvalue weighted by Gasteiger charge is -2.65. The van der Waals surface area contributed by atoms with Crippen molar-refractivity contribution in [3.8, 4) is 0 Å². The van der Waals surface area contributed by atoms with Gasteiger partial charge in [0.1, 0.15) is 41.4 Å². The summed E-state index contributed by atoms with van der Waals surface area (Å²) in [5.41, 5.74) is -4.79. The predicted octanol–water partition coefficient (Wildman–Crippen LogP) is 2.14. The zero-order chi connectivity index (χ0) is 37.6. The van der Waals surface area contributed by atoms with Crippen LogP contribution in [0.4, 0.5) is 0 Å². The minimum absolute atomic E-state index is 0.0125. The second-order valence-electron chi connectivity index (χ2n) is 17.6. The summed E-state index contributed by atoms with van der Waals surface area (Å²) < 4.78 is 17.1. The third kappa shape index (κ3) is 5.86. The van der Waals surface area contributed by atoms with Crippen molar-refractivity contribution in [2.75, 3.05) is 6.61 Å². The first-order valence-electron chi connectivity index (χ1n) is 17.9. The number of rotatable bonds is 8. The molecule has 0 bridgehead atoms. The SMILES string of the molecule is CC(=O)OC(C)(C)/C=C/C(=O)C(C)(O)C1CCC2(C)C3CC=C4C(C[C@H](O[C@@H]5O[C@H](CO)[C@@H](O)[C@H](O)[C@H]5O)[C@@H](O)C4(C)C)C3(C)C(=O)CC12C. The van der Waals surface area contributed by atoms with E-state index in [1.807, 2.05) is 27.7 Å². The summed E-state index contributed by atoms with van der Waals surface area (Å²) in [4.78, 5) is 40.0. The van der Waals surface area contributed by atoms with Crippen molar-refractivity contribution in [2.24, 2.45) is 39.4 Å². The van der Waals surface area contributed by atoms with Gasteiger partial charge in [0.25, 0.3) is 0 Å². The molecule has 0 aromatic rings. The lowest BCUT2D eigenvalue weighted by molar-refractivity contribution is -0.323. The second kappa shape index (κ2) is 12.8. The summed E-state index contributed by atoms with van der Waals surface area (Å²) in [6.45, 7) is 15.5. The van der Waals surface area contributed by atoms with Crippen LogP contribution in [-0.4, -0.2) is 109 Å². The monoisotopic (exact) mass is 706 g/mol. The van der Waals surface area contributed by atoms with Gasteiger partial charge in [-0.05, 0) is 81.3 Å². The van der Waals surface area contributed by atoms with Gasteiger partial charge < -0.3 is 44.8 Å². The minimum Gasteiger partial charge on any atom is -0.456 e. The van der Waals surface area contributed by atoms with Crippen LogP contribution in [0.25, 0.3) is 0 Å². The fraction of sp³-hybridized carbons (Fsp3) is 0.816. The van der Waals surface area contributed by atoms with E-state index in [1.54, 1.807) is 13.8 Å². The predicted molar refractivity (Wildman–Crippen MR) is 180 cm³/mol. The first-order chi connectivity index (χ1) is 22.9. The zero-order valence-electron chi connectivity index (χ0n) is 30.9. The first-order valence-corrected chi connectivity index (χ1v) is 17.9. The Bertz CT molecular complexity index is 1430. The van der Waals surface area contributed by atoms with E-state index in [-0.39, 0.29) is 30.5 Å². The molecule has 5 aliphatic rings. The van der Waals surface area contributed by atoms with Crippen molar-refractivity contribution in [3.05, 3.63) is 23.8 Å². The maximum Gasteiger partial charge on any atom is 0.303 e. The van der Waals surface area contributed by atoms with E-state index in [0.29, 0.717) is 19.3 Å². The molecule has 7 unspecified atom stereocenters. The van der Waals surface area contributed by atoms with E-state index in [9.17, 15) is 45.0 Å². The highest BCUT2D eigenvalue weighted by Gasteiger charge is 2.72. The lowest BCUT2D eigenvalue weighted by atomic mass is 9.38. The molecule has 12 heteroatoms. The molecule has 5 rings (SSSR count). The number of aliphatic hydroxyl groups excluding tert-OH is 5. The van der Waals surface area contributed by atoms with Crippen molar-refractivity contribution in [1.82, 2.24) is 0 Å². The highest BCUT2D eigenvalue weighted by Crippen LogP contribution is 2.74. The smallest absolute Gasteiger partial charge is 0.303 e. The van der Waals surface area contributed by atoms with E-state index < -0.39 is 100 Å². The maximum absolute atomic E-state index is 14.8. The lowest BCUT2D eigenvalue weighted by Crippen LogP contribution is -2.66. The van der Waals surface area contributed by atoms with Gasteiger partial charge in [-0.3, -0.25) is 14.4 Å². The Hall–Kier alpha value is -2.03. The first kappa shape index (κ1) is 39.2. The van der Waals surface area contributed by atoms with Gasteiger partial charge in [-0.2, -0.15) is 0 Å². The Labute approximate surface area is 294 Å². The number of ketones is 2. The molecule has 0 amide bonds. The molecule has 282 valence electrons. The van der Waals surface area contributed by atoms with Crippen LogP contribution >= 0.6 is 0 Å². The second-order valence-corrected chi connectivity index (χ2v) is 17.6. The number of ether oxygens (including phenoxy) is 3. The topological polar surface area (TPSA) is 200 Å². The molecule has 0 spiro atoms. The quantitative estimate of drug-likeness (QED) is 0.122. The largest absolute Gasteiger partial charge is 0.456 e. The molecule has 4 aliphatic carbocycles. The van der Waals surface area contributed by atoms with Crippen molar-refractivity contribution in [3.63, 3.8) is 0 Å². The van der Waals surface area contributed by atoms with Crippen LogP contribution in [-0.2, 0) is 28.6 Å². The summed E-state index contributed by atoms with van der Waals surface area (Å²) >= 11 is 0. The van der Waals surface area contributed by atoms with E-state index in [2.05, 4.69) is 13.0 Å². The number of aliphatic hydroxyl groups is 6. The van der Waals surface area contributed by atoms with Gasteiger partial charge in [0, 0.05) is 30.1 Å². The molecule has 1 aliphatic heterocycles. The summed E-state index contributed by atoms with van der Waals surface area (Å²) in [6.07, 6.45) is -2.39. The van der Waals surface area contributed by atoms with Gasteiger partial charge in [0.05, 0.1) is 18.8 Å². The molecule has 1 saturated heterocycles. The molecule has 0 aromatic carbocycles. The fourth-order valence-electron chi connectivity index (χ4n) is 10.9. The van der Waals surface area contributed by atoms with E-state index in [4.69, 9.17) is 14.2 Å². The maximum atomic E-state index is 14.8. The van der Waals surface area contributed by atoms with E-state index in [1.165, 1.54) is 26.0 Å². The number of carbonyl (C=O) groups is 3. The Kier molecular flexibility index (Phi) is 10.1. The summed E-state index contributed by atoms with van der Waals surface area (Å²) in [5, 5.41) is 64.7. The molecular formula is C38H58O12. The Balaban J connectivity index is 1.45. The Morgan fingerprint density at radius 2 is 1.66 bits per heavy atom. The van der Waals surface area contributed by atoms with Crippen LogP contribution in [0.3, 0.4) is 0 Å². The Morgan fingerprint density at radius 3 is 2.26 bits per heavy atom. The number of hydrogen-bond acceptors (Lipinski definition) is 12. The van der Waals surface area contributed by atoms with Gasteiger partial charge in [0.15, 0.2) is 12.1 Å². The molecule has 0 aromatic heterocycles. The third-order valence-electron chi connectivity index (χ3n) is 14.0. The van der Waals surface area contributed by atoms with Gasteiger partial charge in [-0.15, -0.1) is 0 Å². The van der Waals surface area contributed by atoms with Gasteiger partial charge in [0.2, 0.25) is 0 Å². The minimum atomic E-state index is -1.79. The van der Waals surface area contributed by atoms with Crippen molar-refractivity contribution in [2.45, 2.75) is 149 Å². The van der Waals surface area contributed by atoms with Crippen LogP contribution in [0.15, 0.2) is 23.8 Å². The molecule has 0 radical (unpaired) electrons. The van der Waals surface area contributed by atoms with Crippen LogP contribution in [0, 0.1) is 39.4 Å². The number of fused-ring (bicyclic) bond motifs is 5. The third-order valence-corrected chi connectivity index (χ3v) is 14.0. The number of Topliss-reactive ketones (excluding diaryl/α,β-unsaturated/α-hetero) is 1.